The fraction of sp³-hybridized carbons (Fsp3) is 0.533. The number of benzene rings is 1. The number of hydrogen-bond donors (Lipinski definition) is 3. The van der Waals surface area contributed by atoms with Crippen LogP contribution in [0.5, 0.6) is 0 Å². The summed E-state index contributed by atoms with van der Waals surface area (Å²) in [6.45, 7) is 0. The Hall–Kier alpha value is -1.81. The van der Waals surface area contributed by atoms with Crippen molar-refractivity contribution in [3.63, 3.8) is 0 Å². The molecule has 140 valence electrons. The molecule has 3 N–H and O–H groups in total. The number of amides is 1. The number of anilines is 2. The lowest BCUT2D eigenvalue weighted by molar-refractivity contribution is -0.122. The Morgan fingerprint density at radius 2 is 1.60 bits per heavy atom. The molecule has 25 heavy (non-hydrogen) atoms. The Morgan fingerprint density at radius 3 is 2.12 bits per heavy atom. The molecule has 0 atom stereocenters. The molecule has 0 aliphatic heterocycles. The predicted molar refractivity (Wildman–Crippen MR) is 86.3 cm³/mol. The third kappa shape index (κ3) is 5.33. The number of carbonyl (C=O) groups is 1. The summed E-state index contributed by atoms with van der Waals surface area (Å²) in [6.07, 6.45) is 3.79. The van der Waals surface area contributed by atoms with Crippen molar-refractivity contribution < 1.29 is 31.5 Å². The molecule has 0 heterocycles. The highest BCUT2D eigenvalue weighted by atomic mass is 32.2. The molecular formula is C15H19F3N2O4S. The van der Waals surface area contributed by atoms with Crippen LogP contribution >= 0.6 is 0 Å². The van der Waals surface area contributed by atoms with E-state index in [1.54, 1.807) is 0 Å². The summed E-state index contributed by atoms with van der Waals surface area (Å²) in [7, 11) is -5.48. The van der Waals surface area contributed by atoms with E-state index in [0.29, 0.717) is 18.5 Å². The van der Waals surface area contributed by atoms with Gasteiger partial charge in [0.1, 0.15) is 0 Å². The minimum Gasteiger partial charge on any atom is -0.389 e. The average Bonchev–Trinajstić information content (AvgIpc) is 2.48. The van der Waals surface area contributed by atoms with E-state index in [4.69, 9.17) is 0 Å². The van der Waals surface area contributed by atoms with Crippen molar-refractivity contribution in [3.8, 4) is 0 Å². The highest BCUT2D eigenvalue weighted by molar-refractivity contribution is 7.93. The van der Waals surface area contributed by atoms with Gasteiger partial charge in [0.25, 0.3) is 0 Å². The highest BCUT2D eigenvalue weighted by Gasteiger charge is 2.46. The summed E-state index contributed by atoms with van der Waals surface area (Å²) in [5.74, 6) is -0.409. The van der Waals surface area contributed by atoms with Crippen LogP contribution in [0.1, 0.15) is 38.5 Å². The van der Waals surface area contributed by atoms with Crippen LogP contribution in [0, 0.1) is 0 Å². The summed E-state index contributed by atoms with van der Waals surface area (Å²) in [6, 6.07) is 4.76. The van der Waals surface area contributed by atoms with Gasteiger partial charge in [0.15, 0.2) is 0 Å². The first kappa shape index (κ1) is 19.5. The quantitative estimate of drug-likeness (QED) is 0.732. The Balaban J connectivity index is 1.95. The molecular weight excluding hydrogens is 361 g/mol. The third-order valence-electron chi connectivity index (χ3n) is 4.00. The Morgan fingerprint density at radius 1 is 1.08 bits per heavy atom. The standard InChI is InChI=1S/C15H19F3N2O4S/c16-15(17,18)25(23,24)20-12-6-4-11(5-7-12)19-13(21)10-14(22)8-2-1-3-9-14/h4-7,20,22H,1-3,8-10H2,(H,19,21). The van der Waals surface area contributed by atoms with Gasteiger partial charge in [-0.1, -0.05) is 19.3 Å². The number of aliphatic hydroxyl groups is 1. The second-order valence-corrected chi connectivity index (χ2v) is 7.81. The van der Waals surface area contributed by atoms with E-state index in [9.17, 15) is 31.5 Å². The maximum absolute atomic E-state index is 12.3. The molecule has 0 bridgehead atoms. The fourth-order valence-electron chi connectivity index (χ4n) is 2.73. The van der Waals surface area contributed by atoms with E-state index in [2.05, 4.69) is 5.32 Å². The van der Waals surface area contributed by atoms with Crippen molar-refractivity contribution in [3.05, 3.63) is 24.3 Å². The van der Waals surface area contributed by atoms with Crippen LogP contribution in [0.3, 0.4) is 0 Å². The number of halogens is 3. The number of alkyl halides is 3. The van der Waals surface area contributed by atoms with Crippen molar-refractivity contribution in [1.82, 2.24) is 0 Å². The molecule has 1 fully saturated rings. The Labute approximate surface area is 143 Å². The minimum absolute atomic E-state index is 0.0601. The largest absolute Gasteiger partial charge is 0.516 e. The lowest BCUT2D eigenvalue weighted by Crippen LogP contribution is -2.35. The van der Waals surface area contributed by atoms with E-state index in [-0.39, 0.29) is 12.1 Å². The highest BCUT2D eigenvalue weighted by Crippen LogP contribution is 2.31. The topological polar surface area (TPSA) is 95.5 Å². The van der Waals surface area contributed by atoms with Crippen LogP contribution in [0.4, 0.5) is 24.5 Å². The van der Waals surface area contributed by atoms with Gasteiger partial charge in [-0.3, -0.25) is 9.52 Å². The Bertz CT molecular complexity index is 711. The zero-order valence-corrected chi connectivity index (χ0v) is 14.1. The summed E-state index contributed by atoms with van der Waals surface area (Å²) in [5, 5.41) is 12.9. The van der Waals surface area contributed by atoms with Crippen LogP contribution in [0.2, 0.25) is 0 Å². The van der Waals surface area contributed by atoms with Gasteiger partial charge >= 0.3 is 15.5 Å². The first-order valence-corrected chi connectivity index (χ1v) is 9.21. The molecule has 2 rings (SSSR count). The first-order chi connectivity index (χ1) is 11.5. The van der Waals surface area contributed by atoms with E-state index in [1.807, 2.05) is 0 Å². The predicted octanol–water partition coefficient (Wildman–Crippen LogP) is 2.97. The zero-order valence-electron chi connectivity index (χ0n) is 13.3. The molecule has 0 saturated heterocycles. The molecule has 0 unspecified atom stereocenters. The second kappa shape index (κ2) is 7.20. The first-order valence-electron chi connectivity index (χ1n) is 7.72. The van der Waals surface area contributed by atoms with Gasteiger partial charge in [-0.15, -0.1) is 0 Å². The smallest absolute Gasteiger partial charge is 0.389 e. The molecule has 1 aromatic carbocycles. The molecule has 1 saturated carbocycles. The van der Waals surface area contributed by atoms with E-state index in [0.717, 1.165) is 31.4 Å². The molecule has 10 heteroatoms. The summed E-state index contributed by atoms with van der Waals surface area (Å²) in [4.78, 5) is 12.0. The van der Waals surface area contributed by atoms with Gasteiger partial charge in [0.05, 0.1) is 12.0 Å². The van der Waals surface area contributed by atoms with Crippen molar-refractivity contribution in [2.75, 3.05) is 10.0 Å². The SMILES string of the molecule is O=C(CC1(O)CCCCC1)Nc1ccc(NS(=O)(=O)C(F)(F)F)cc1. The normalized spacial score (nSPS) is 17.8. The minimum atomic E-state index is -5.48. The molecule has 0 spiro atoms. The van der Waals surface area contributed by atoms with Gasteiger partial charge in [-0.2, -0.15) is 21.6 Å². The van der Waals surface area contributed by atoms with Crippen LogP contribution in [0.25, 0.3) is 0 Å². The van der Waals surface area contributed by atoms with Crippen LogP contribution < -0.4 is 10.0 Å². The van der Waals surface area contributed by atoms with Gasteiger partial charge in [-0.25, -0.2) is 0 Å². The summed E-state index contributed by atoms with van der Waals surface area (Å²) >= 11 is 0. The van der Waals surface area contributed by atoms with E-state index in [1.165, 1.54) is 16.9 Å². The lowest BCUT2D eigenvalue weighted by atomic mass is 9.82. The van der Waals surface area contributed by atoms with Gasteiger partial charge in [0, 0.05) is 11.4 Å². The maximum atomic E-state index is 12.3. The van der Waals surface area contributed by atoms with Crippen molar-refractivity contribution in [2.45, 2.75) is 49.6 Å². The van der Waals surface area contributed by atoms with Crippen LogP contribution in [-0.4, -0.2) is 30.5 Å². The van der Waals surface area contributed by atoms with E-state index < -0.39 is 27.0 Å². The molecule has 1 aliphatic carbocycles. The van der Waals surface area contributed by atoms with Gasteiger partial charge in [-0.05, 0) is 37.1 Å². The lowest BCUT2D eigenvalue weighted by Gasteiger charge is -2.31. The van der Waals surface area contributed by atoms with Crippen molar-refractivity contribution >= 4 is 27.3 Å². The molecule has 6 nitrogen and oxygen atoms in total. The average molecular weight is 380 g/mol. The summed E-state index contributed by atoms with van der Waals surface area (Å²) in [5.41, 5.74) is -6.42. The number of hydrogen-bond acceptors (Lipinski definition) is 4. The molecule has 0 aromatic heterocycles. The molecule has 1 amide bonds. The maximum Gasteiger partial charge on any atom is 0.516 e. The van der Waals surface area contributed by atoms with Crippen molar-refractivity contribution in [2.24, 2.45) is 0 Å². The monoisotopic (exact) mass is 380 g/mol. The zero-order chi connectivity index (χ0) is 18.7. The number of sulfonamides is 1. The number of carbonyl (C=O) groups excluding carboxylic acids is 1. The third-order valence-corrected chi connectivity index (χ3v) is 5.11. The van der Waals surface area contributed by atoms with E-state index >= 15 is 0 Å². The van der Waals surface area contributed by atoms with Gasteiger partial charge < -0.3 is 10.4 Å². The van der Waals surface area contributed by atoms with Gasteiger partial charge in [0.2, 0.25) is 5.91 Å². The second-order valence-electron chi connectivity index (χ2n) is 6.14. The van der Waals surface area contributed by atoms with Crippen LogP contribution in [-0.2, 0) is 14.8 Å². The fourth-order valence-corrected chi connectivity index (χ4v) is 3.29. The van der Waals surface area contributed by atoms with Crippen LogP contribution in [0.15, 0.2) is 24.3 Å². The molecule has 0 radical (unpaired) electrons. The Kier molecular flexibility index (Phi) is 5.62. The number of rotatable bonds is 5. The molecule has 1 aromatic rings. The summed E-state index contributed by atoms with van der Waals surface area (Å²) < 4.78 is 60.3. The molecule has 1 aliphatic rings. The van der Waals surface area contributed by atoms with Crippen molar-refractivity contribution in [1.29, 1.82) is 0 Å². The number of nitrogens with one attached hydrogen (secondary N) is 2.